The van der Waals surface area contributed by atoms with Gasteiger partial charge in [-0.2, -0.15) is 0 Å². The molecule has 19 heavy (non-hydrogen) atoms. The number of rotatable bonds is 4. The van der Waals surface area contributed by atoms with Crippen molar-refractivity contribution in [3.63, 3.8) is 0 Å². The van der Waals surface area contributed by atoms with Crippen LogP contribution in [-0.4, -0.2) is 24.8 Å². The zero-order chi connectivity index (χ0) is 14.5. The Morgan fingerprint density at radius 1 is 1.21 bits per heavy atom. The summed E-state index contributed by atoms with van der Waals surface area (Å²) in [6.45, 7) is 10.9. The number of hydrogen-bond donors (Lipinski definition) is 2. The third kappa shape index (κ3) is 6.13. The zero-order valence-electron chi connectivity index (χ0n) is 12.5. The third-order valence-corrected chi connectivity index (χ3v) is 2.50. The number of carbonyl (C=O) groups excluding carboxylic acids is 1. The van der Waals surface area contributed by atoms with Gasteiger partial charge in [0.1, 0.15) is 5.60 Å². The fourth-order valence-electron chi connectivity index (χ4n) is 1.60. The van der Waals surface area contributed by atoms with Crippen LogP contribution in [0, 0.1) is 13.8 Å². The lowest BCUT2D eigenvalue weighted by molar-refractivity contribution is 0.0530. The van der Waals surface area contributed by atoms with Gasteiger partial charge in [-0.15, -0.1) is 0 Å². The zero-order valence-corrected chi connectivity index (χ0v) is 12.5. The second-order valence-electron chi connectivity index (χ2n) is 5.67. The van der Waals surface area contributed by atoms with E-state index in [0.717, 1.165) is 5.69 Å². The van der Waals surface area contributed by atoms with E-state index in [2.05, 4.69) is 42.7 Å². The summed E-state index contributed by atoms with van der Waals surface area (Å²) in [5.74, 6) is 0. The number of amides is 1. The summed E-state index contributed by atoms with van der Waals surface area (Å²) in [5, 5.41) is 6.02. The average molecular weight is 264 g/mol. The maximum atomic E-state index is 11.4. The van der Waals surface area contributed by atoms with Gasteiger partial charge in [-0.3, -0.25) is 0 Å². The fraction of sp³-hybridized carbons (Fsp3) is 0.533. The van der Waals surface area contributed by atoms with Gasteiger partial charge in [-0.05, 0) is 51.8 Å². The number of anilines is 1. The Bertz CT molecular complexity index is 436. The molecule has 1 amide bonds. The highest BCUT2D eigenvalue weighted by molar-refractivity contribution is 5.67. The van der Waals surface area contributed by atoms with Gasteiger partial charge in [0.25, 0.3) is 0 Å². The number of aryl methyl sites for hydroxylation is 2. The van der Waals surface area contributed by atoms with E-state index in [0.29, 0.717) is 13.1 Å². The number of alkyl carbamates (subject to hydrolysis) is 1. The van der Waals surface area contributed by atoms with Gasteiger partial charge in [-0.25, -0.2) is 4.79 Å². The molecule has 0 atom stereocenters. The van der Waals surface area contributed by atoms with Crippen LogP contribution in [0.4, 0.5) is 10.5 Å². The summed E-state index contributed by atoms with van der Waals surface area (Å²) in [7, 11) is 0. The van der Waals surface area contributed by atoms with Gasteiger partial charge in [0.2, 0.25) is 0 Å². The van der Waals surface area contributed by atoms with Crippen molar-refractivity contribution in [1.82, 2.24) is 5.32 Å². The molecule has 1 rings (SSSR count). The highest BCUT2D eigenvalue weighted by Crippen LogP contribution is 2.15. The molecule has 1 aromatic carbocycles. The molecule has 1 aromatic rings. The maximum absolute atomic E-state index is 11.4. The molecule has 0 heterocycles. The SMILES string of the molecule is Cc1ccc(C)c(NCCNC(=O)OC(C)(C)C)c1. The van der Waals surface area contributed by atoms with Crippen molar-refractivity contribution < 1.29 is 9.53 Å². The minimum Gasteiger partial charge on any atom is -0.444 e. The van der Waals surface area contributed by atoms with Crippen LogP contribution in [-0.2, 0) is 4.74 Å². The Kier molecular flexibility index (Phi) is 5.21. The molecule has 106 valence electrons. The Morgan fingerprint density at radius 3 is 2.53 bits per heavy atom. The Balaban J connectivity index is 2.31. The van der Waals surface area contributed by atoms with E-state index in [1.54, 1.807) is 0 Å². The van der Waals surface area contributed by atoms with Gasteiger partial charge < -0.3 is 15.4 Å². The first-order valence-corrected chi connectivity index (χ1v) is 6.56. The quantitative estimate of drug-likeness (QED) is 0.821. The smallest absolute Gasteiger partial charge is 0.407 e. The molecule has 2 N–H and O–H groups in total. The predicted molar refractivity (Wildman–Crippen MR) is 78.6 cm³/mol. The number of nitrogens with one attached hydrogen (secondary N) is 2. The standard InChI is InChI=1S/C15H24N2O2/c1-11-6-7-12(2)13(10-11)16-8-9-17-14(18)19-15(3,4)5/h6-7,10,16H,8-9H2,1-5H3,(H,17,18). The largest absolute Gasteiger partial charge is 0.444 e. The van der Waals surface area contributed by atoms with E-state index < -0.39 is 5.60 Å². The van der Waals surface area contributed by atoms with Crippen molar-refractivity contribution in [2.75, 3.05) is 18.4 Å². The average Bonchev–Trinajstić information content (AvgIpc) is 2.26. The molecule has 0 radical (unpaired) electrons. The lowest BCUT2D eigenvalue weighted by Gasteiger charge is -2.19. The monoisotopic (exact) mass is 264 g/mol. The van der Waals surface area contributed by atoms with Gasteiger partial charge in [0.05, 0.1) is 0 Å². The van der Waals surface area contributed by atoms with Crippen LogP contribution in [0.5, 0.6) is 0 Å². The molecule has 4 nitrogen and oxygen atoms in total. The molecule has 0 aromatic heterocycles. The minimum absolute atomic E-state index is 0.379. The Morgan fingerprint density at radius 2 is 1.89 bits per heavy atom. The summed E-state index contributed by atoms with van der Waals surface area (Å²) in [5.41, 5.74) is 3.06. The van der Waals surface area contributed by atoms with Crippen molar-refractivity contribution in [1.29, 1.82) is 0 Å². The second kappa shape index (κ2) is 6.45. The van der Waals surface area contributed by atoms with Crippen LogP contribution < -0.4 is 10.6 Å². The first-order valence-electron chi connectivity index (χ1n) is 6.56. The molecule has 0 aliphatic carbocycles. The molecule has 4 heteroatoms. The molecule has 0 aliphatic rings. The number of hydrogen-bond acceptors (Lipinski definition) is 3. The van der Waals surface area contributed by atoms with Gasteiger partial charge in [-0.1, -0.05) is 12.1 Å². The van der Waals surface area contributed by atoms with E-state index in [-0.39, 0.29) is 6.09 Å². The Hall–Kier alpha value is -1.71. The summed E-state index contributed by atoms with van der Waals surface area (Å²) >= 11 is 0. The lowest BCUT2D eigenvalue weighted by Crippen LogP contribution is -2.35. The highest BCUT2D eigenvalue weighted by Gasteiger charge is 2.15. The highest BCUT2D eigenvalue weighted by atomic mass is 16.6. The maximum Gasteiger partial charge on any atom is 0.407 e. The summed E-state index contributed by atoms with van der Waals surface area (Å²) in [6, 6.07) is 6.27. The van der Waals surface area contributed by atoms with Crippen molar-refractivity contribution >= 4 is 11.8 Å². The van der Waals surface area contributed by atoms with Gasteiger partial charge in [0.15, 0.2) is 0 Å². The van der Waals surface area contributed by atoms with E-state index in [4.69, 9.17) is 4.74 Å². The van der Waals surface area contributed by atoms with Crippen LogP contribution in [0.15, 0.2) is 18.2 Å². The molecule has 0 spiro atoms. The molecule has 0 unspecified atom stereocenters. The third-order valence-electron chi connectivity index (χ3n) is 2.50. The normalized spacial score (nSPS) is 11.0. The molecule has 0 saturated heterocycles. The molecule has 0 fully saturated rings. The van der Waals surface area contributed by atoms with E-state index in [1.165, 1.54) is 11.1 Å². The molecule has 0 aliphatic heterocycles. The van der Waals surface area contributed by atoms with Crippen LogP contribution in [0.3, 0.4) is 0 Å². The van der Waals surface area contributed by atoms with Crippen molar-refractivity contribution in [2.45, 2.75) is 40.2 Å². The topological polar surface area (TPSA) is 50.4 Å². The number of ether oxygens (including phenoxy) is 1. The van der Waals surface area contributed by atoms with E-state index in [9.17, 15) is 4.79 Å². The van der Waals surface area contributed by atoms with Crippen LogP contribution >= 0.6 is 0 Å². The first kappa shape index (κ1) is 15.3. The van der Waals surface area contributed by atoms with Crippen LogP contribution in [0.25, 0.3) is 0 Å². The van der Waals surface area contributed by atoms with E-state index >= 15 is 0 Å². The van der Waals surface area contributed by atoms with Crippen LogP contribution in [0.2, 0.25) is 0 Å². The van der Waals surface area contributed by atoms with Crippen molar-refractivity contribution in [3.8, 4) is 0 Å². The molecular weight excluding hydrogens is 240 g/mol. The lowest BCUT2D eigenvalue weighted by atomic mass is 10.1. The van der Waals surface area contributed by atoms with Gasteiger partial charge >= 0.3 is 6.09 Å². The summed E-state index contributed by atoms with van der Waals surface area (Å²) in [4.78, 5) is 11.4. The first-order chi connectivity index (χ1) is 8.78. The number of carbonyl (C=O) groups is 1. The van der Waals surface area contributed by atoms with Crippen molar-refractivity contribution in [2.24, 2.45) is 0 Å². The van der Waals surface area contributed by atoms with E-state index in [1.807, 2.05) is 20.8 Å². The molecule has 0 bridgehead atoms. The predicted octanol–water partition coefficient (Wildman–Crippen LogP) is 3.24. The molecule has 0 saturated carbocycles. The summed E-state index contributed by atoms with van der Waals surface area (Å²) in [6.07, 6.45) is -0.379. The number of benzene rings is 1. The Labute approximate surface area is 115 Å². The van der Waals surface area contributed by atoms with Crippen LogP contribution in [0.1, 0.15) is 31.9 Å². The molecular formula is C15H24N2O2. The minimum atomic E-state index is -0.454. The fourth-order valence-corrected chi connectivity index (χ4v) is 1.60. The van der Waals surface area contributed by atoms with Crippen molar-refractivity contribution in [3.05, 3.63) is 29.3 Å². The van der Waals surface area contributed by atoms with Gasteiger partial charge in [0, 0.05) is 18.8 Å². The second-order valence-corrected chi connectivity index (χ2v) is 5.67. The summed E-state index contributed by atoms with van der Waals surface area (Å²) < 4.78 is 5.16.